The zero-order chi connectivity index (χ0) is 13.7. The van der Waals surface area contributed by atoms with Gasteiger partial charge in [0.2, 0.25) is 0 Å². The first-order chi connectivity index (χ1) is 9.72. The molecule has 2 heterocycles. The number of halogens is 1. The molecule has 2 aliphatic carbocycles. The molecule has 0 aromatic carbocycles. The Kier molecular flexibility index (Phi) is 2.96. The summed E-state index contributed by atoms with van der Waals surface area (Å²) >= 11 is 5.07. The number of nitrogens with one attached hydrogen (secondary N) is 1. The zero-order valence-electron chi connectivity index (χ0n) is 10.8. The Morgan fingerprint density at radius 1 is 1.35 bits per heavy atom. The van der Waals surface area contributed by atoms with Crippen LogP contribution in [0, 0.1) is 0 Å². The fraction of sp³-hybridized carbons (Fsp3) is 0.429. The van der Waals surface area contributed by atoms with Crippen molar-refractivity contribution in [2.24, 2.45) is 0 Å². The van der Waals surface area contributed by atoms with Gasteiger partial charge in [0, 0.05) is 4.88 Å². The predicted octanol–water partition coefficient (Wildman–Crippen LogP) is 4.17. The van der Waals surface area contributed by atoms with Crippen molar-refractivity contribution in [3.05, 3.63) is 32.6 Å². The van der Waals surface area contributed by atoms with Crippen molar-refractivity contribution in [1.82, 2.24) is 9.78 Å². The van der Waals surface area contributed by atoms with E-state index in [0.29, 0.717) is 12.0 Å². The second-order valence-electron chi connectivity index (χ2n) is 5.45. The normalized spacial score (nSPS) is 18.2. The maximum atomic E-state index is 12.4. The summed E-state index contributed by atoms with van der Waals surface area (Å²) in [6.45, 7) is 0. The molecular formula is C14H14BrN3OS. The number of carbonyl (C=O) groups excluding carboxylic acids is 1. The van der Waals surface area contributed by atoms with Crippen LogP contribution in [0.15, 0.2) is 22.8 Å². The van der Waals surface area contributed by atoms with Gasteiger partial charge in [-0.05, 0) is 59.7 Å². The standard InChI is InChI=1S/C14H14BrN3OS/c15-10-7-16-18(9-3-4-9)13(10)17-14(19)12-6-5-11(20-12)8-1-2-8/h5-9H,1-4H2,(H,17,19). The van der Waals surface area contributed by atoms with Crippen molar-refractivity contribution in [2.75, 3.05) is 5.32 Å². The average Bonchev–Trinajstić information content (AvgIpc) is 3.37. The van der Waals surface area contributed by atoms with Crippen LogP contribution < -0.4 is 5.32 Å². The van der Waals surface area contributed by atoms with Crippen molar-refractivity contribution >= 4 is 39.0 Å². The minimum absolute atomic E-state index is 0.0370. The molecule has 6 heteroatoms. The van der Waals surface area contributed by atoms with E-state index in [-0.39, 0.29) is 5.91 Å². The lowest BCUT2D eigenvalue weighted by Gasteiger charge is -2.07. The Labute approximate surface area is 129 Å². The van der Waals surface area contributed by atoms with E-state index >= 15 is 0 Å². The van der Waals surface area contributed by atoms with E-state index in [4.69, 9.17) is 0 Å². The van der Waals surface area contributed by atoms with Crippen molar-refractivity contribution in [1.29, 1.82) is 0 Å². The number of hydrogen-bond acceptors (Lipinski definition) is 3. The van der Waals surface area contributed by atoms with Crippen molar-refractivity contribution < 1.29 is 4.79 Å². The summed E-state index contributed by atoms with van der Waals surface area (Å²) in [6, 6.07) is 4.46. The van der Waals surface area contributed by atoms with Gasteiger partial charge in [-0.25, -0.2) is 4.68 Å². The van der Waals surface area contributed by atoms with Crippen LogP contribution in [0.1, 0.15) is 52.2 Å². The van der Waals surface area contributed by atoms with E-state index in [1.807, 2.05) is 10.7 Å². The molecule has 2 saturated carbocycles. The number of thiophene rings is 1. The maximum Gasteiger partial charge on any atom is 0.266 e. The maximum absolute atomic E-state index is 12.4. The van der Waals surface area contributed by atoms with E-state index in [1.165, 1.54) is 17.7 Å². The Morgan fingerprint density at radius 2 is 2.15 bits per heavy atom. The molecule has 4 nitrogen and oxygen atoms in total. The van der Waals surface area contributed by atoms with Gasteiger partial charge in [0.05, 0.1) is 21.6 Å². The first-order valence-corrected chi connectivity index (χ1v) is 8.47. The number of aromatic nitrogens is 2. The molecule has 2 aliphatic rings. The smallest absolute Gasteiger partial charge is 0.266 e. The van der Waals surface area contributed by atoms with Crippen LogP contribution in [0.3, 0.4) is 0 Å². The van der Waals surface area contributed by atoms with Crippen LogP contribution in [0.5, 0.6) is 0 Å². The SMILES string of the molecule is O=C(Nc1c(Br)cnn1C1CC1)c1ccc(C2CC2)s1. The van der Waals surface area contributed by atoms with Gasteiger partial charge in [-0.15, -0.1) is 11.3 Å². The zero-order valence-corrected chi connectivity index (χ0v) is 13.2. The molecule has 104 valence electrons. The Balaban J connectivity index is 1.55. The molecule has 0 atom stereocenters. The molecule has 0 unspecified atom stereocenters. The molecule has 0 spiro atoms. The summed E-state index contributed by atoms with van der Waals surface area (Å²) in [5.41, 5.74) is 0. The highest BCUT2D eigenvalue weighted by atomic mass is 79.9. The molecule has 2 fully saturated rings. The van der Waals surface area contributed by atoms with Crippen molar-refractivity contribution in [2.45, 2.75) is 37.6 Å². The largest absolute Gasteiger partial charge is 0.305 e. The van der Waals surface area contributed by atoms with Crippen LogP contribution in [-0.4, -0.2) is 15.7 Å². The van der Waals surface area contributed by atoms with Gasteiger partial charge in [0.25, 0.3) is 5.91 Å². The summed E-state index contributed by atoms with van der Waals surface area (Å²) in [6.07, 6.45) is 6.56. The van der Waals surface area contributed by atoms with Crippen LogP contribution in [0.2, 0.25) is 0 Å². The highest BCUT2D eigenvalue weighted by molar-refractivity contribution is 9.10. The van der Waals surface area contributed by atoms with E-state index in [2.05, 4.69) is 32.4 Å². The molecule has 4 rings (SSSR count). The number of rotatable bonds is 4. The molecule has 2 aromatic rings. The number of amides is 1. The first kappa shape index (κ1) is 12.6. The third kappa shape index (κ3) is 2.31. The van der Waals surface area contributed by atoms with Crippen molar-refractivity contribution in [3.8, 4) is 0 Å². The fourth-order valence-electron chi connectivity index (χ4n) is 2.29. The van der Waals surface area contributed by atoms with Gasteiger partial charge in [0.1, 0.15) is 5.82 Å². The molecular weight excluding hydrogens is 338 g/mol. The number of carbonyl (C=O) groups is 1. The lowest BCUT2D eigenvalue weighted by Crippen LogP contribution is -2.14. The summed E-state index contributed by atoms with van der Waals surface area (Å²) in [4.78, 5) is 14.5. The minimum atomic E-state index is -0.0370. The van der Waals surface area contributed by atoms with E-state index in [0.717, 1.165) is 28.0 Å². The molecule has 1 amide bonds. The third-order valence-corrected chi connectivity index (χ3v) is 5.53. The molecule has 0 bridgehead atoms. The van der Waals surface area contributed by atoms with Crippen LogP contribution in [-0.2, 0) is 0 Å². The van der Waals surface area contributed by atoms with E-state index < -0.39 is 0 Å². The van der Waals surface area contributed by atoms with E-state index in [1.54, 1.807) is 17.5 Å². The molecule has 0 saturated heterocycles. The Morgan fingerprint density at radius 3 is 2.85 bits per heavy atom. The van der Waals surface area contributed by atoms with Gasteiger partial charge in [0.15, 0.2) is 0 Å². The lowest BCUT2D eigenvalue weighted by molar-refractivity contribution is 0.102. The van der Waals surface area contributed by atoms with Gasteiger partial charge >= 0.3 is 0 Å². The molecule has 0 aliphatic heterocycles. The van der Waals surface area contributed by atoms with Gasteiger partial charge in [-0.3, -0.25) is 4.79 Å². The summed E-state index contributed by atoms with van der Waals surface area (Å²) in [5, 5.41) is 7.32. The van der Waals surface area contributed by atoms with E-state index in [9.17, 15) is 4.79 Å². The number of hydrogen-bond donors (Lipinski definition) is 1. The average molecular weight is 352 g/mol. The monoisotopic (exact) mass is 351 g/mol. The second-order valence-corrected chi connectivity index (χ2v) is 7.42. The fourth-order valence-corrected chi connectivity index (χ4v) is 3.73. The molecule has 2 aromatic heterocycles. The summed E-state index contributed by atoms with van der Waals surface area (Å²) in [7, 11) is 0. The molecule has 20 heavy (non-hydrogen) atoms. The Bertz CT molecular complexity index is 670. The van der Waals surface area contributed by atoms with Gasteiger partial charge in [-0.1, -0.05) is 0 Å². The topological polar surface area (TPSA) is 46.9 Å². The number of anilines is 1. The van der Waals surface area contributed by atoms with Crippen LogP contribution >= 0.6 is 27.3 Å². The highest BCUT2D eigenvalue weighted by Gasteiger charge is 2.29. The summed E-state index contributed by atoms with van der Waals surface area (Å²) in [5.74, 6) is 1.44. The van der Waals surface area contributed by atoms with Crippen LogP contribution in [0.4, 0.5) is 5.82 Å². The third-order valence-electron chi connectivity index (χ3n) is 3.71. The van der Waals surface area contributed by atoms with Gasteiger partial charge < -0.3 is 5.32 Å². The molecule has 1 N–H and O–H groups in total. The minimum Gasteiger partial charge on any atom is -0.305 e. The first-order valence-electron chi connectivity index (χ1n) is 6.86. The predicted molar refractivity (Wildman–Crippen MR) is 82.4 cm³/mol. The van der Waals surface area contributed by atoms with Crippen LogP contribution in [0.25, 0.3) is 0 Å². The second kappa shape index (κ2) is 4.70. The lowest BCUT2D eigenvalue weighted by atomic mass is 10.3. The quantitative estimate of drug-likeness (QED) is 0.898. The molecule has 0 radical (unpaired) electrons. The Hall–Kier alpha value is -1.14. The van der Waals surface area contributed by atoms with Gasteiger partial charge in [-0.2, -0.15) is 5.10 Å². The number of nitrogens with zero attached hydrogens (tertiary/aromatic N) is 2. The highest BCUT2D eigenvalue weighted by Crippen LogP contribution is 2.43. The van der Waals surface area contributed by atoms with Crippen molar-refractivity contribution in [3.63, 3.8) is 0 Å². The summed E-state index contributed by atoms with van der Waals surface area (Å²) < 4.78 is 2.76.